The molecule has 0 saturated carbocycles. The number of allylic oxidation sites excluding steroid dienone is 1. The summed E-state index contributed by atoms with van der Waals surface area (Å²) in [5.74, 6) is -0.183. The third-order valence-electron chi connectivity index (χ3n) is 8.44. The largest absolute Gasteiger partial charge is 0.496 e. The van der Waals surface area contributed by atoms with Gasteiger partial charge in [0, 0.05) is 19.1 Å². The predicted molar refractivity (Wildman–Crippen MR) is 161 cm³/mol. The van der Waals surface area contributed by atoms with Gasteiger partial charge in [-0.05, 0) is 58.2 Å². The van der Waals surface area contributed by atoms with Crippen molar-refractivity contribution in [2.45, 2.75) is 71.6 Å². The van der Waals surface area contributed by atoms with Gasteiger partial charge < -0.3 is 29.2 Å². The molecular weight excluding hydrogens is 536 g/mol. The number of nitrogens with zero attached hydrogens (tertiary/aromatic N) is 1. The van der Waals surface area contributed by atoms with Crippen LogP contribution in [0.4, 0.5) is 4.79 Å². The molecule has 2 aromatic rings. The Bertz CT molecular complexity index is 1380. The van der Waals surface area contributed by atoms with E-state index in [2.05, 4.69) is 17.5 Å². The lowest BCUT2D eigenvalue weighted by Crippen LogP contribution is -2.57. The van der Waals surface area contributed by atoms with Crippen LogP contribution in [0, 0.1) is 10.8 Å². The van der Waals surface area contributed by atoms with Crippen molar-refractivity contribution >= 4 is 34.8 Å². The van der Waals surface area contributed by atoms with Gasteiger partial charge in [0.15, 0.2) is 0 Å². The summed E-state index contributed by atoms with van der Waals surface area (Å²) in [7, 11) is 4.55. The molecule has 3 atom stereocenters. The van der Waals surface area contributed by atoms with Crippen molar-refractivity contribution in [3.05, 3.63) is 47.5 Å². The number of rotatable bonds is 3. The Hall–Kier alpha value is -3.59. The van der Waals surface area contributed by atoms with Crippen LogP contribution in [0.15, 0.2) is 36.4 Å². The molecule has 0 aliphatic carbocycles. The zero-order chi connectivity index (χ0) is 30.9. The van der Waals surface area contributed by atoms with Gasteiger partial charge in [0.2, 0.25) is 5.91 Å². The zero-order valence-electron chi connectivity index (χ0n) is 26.0. The van der Waals surface area contributed by atoms with Crippen molar-refractivity contribution in [2.75, 3.05) is 34.5 Å². The highest BCUT2D eigenvalue weighted by Crippen LogP contribution is 2.42. The number of alkyl carbamates (subject to hydrolysis) is 1. The van der Waals surface area contributed by atoms with Gasteiger partial charge in [-0.3, -0.25) is 4.79 Å². The fourth-order valence-electron chi connectivity index (χ4n) is 5.80. The number of hydrogen-bond donors (Lipinski definition) is 1. The maximum atomic E-state index is 14.2. The lowest BCUT2D eigenvalue weighted by Gasteiger charge is -2.35. The van der Waals surface area contributed by atoms with E-state index in [4.69, 9.17) is 18.9 Å². The molecule has 228 valence electrons. The second-order valence-electron chi connectivity index (χ2n) is 13.2. The van der Waals surface area contributed by atoms with Gasteiger partial charge in [-0.2, -0.15) is 0 Å². The van der Waals surface area contributed by atoms with Gasteiger partial charge in [0.1, 0.15) is 23.4 Å². The lowest BCUT2D eigenvalue weighted by atomic mass is 9.85. The summed E-state index contributed by atoms with van der Waals surface area (Å²) in [6, 6.07) is 8.24. The molecule has 1 fully saturated rings. The van der Waals surface area contributed by atoms with Crippen LogP contribution in [0.25, 0.3) is 16.8 Å². The van der Waals surface area contributed by atoms with E-state index in [1.165, 1.54) is 12.0 Å². The van der Waals surface area contributed by atoms with E-state index >= 15 is 0 Å². The van der Waals surface area contributed by atoms with Crippen LogP contribution in [-0.2, 0) is 29.4 Å². The Morgan fingerprint density at radius 2 is 1.81 bits per heavy atom. The Labute approximate surface area is 248 Å². The summed E-state index contributed by atoms with van der Waals surface area (Å²) in [4.78, 5) is 41.8. The fraction of sp³-hybridized carbons (Fsp3) is 0.545. The van der Waals surface area contributed by atoms with Crippen LogP contribution in [0.1, 0.15) is 65.0 Å². The molecule has 0 unspecified atom stereocenters. The van der Waals surface area contributed by atoms with E-state index in [9.17, 15) is 14.4 Å². The number of carbonyl (C=O) groups excluding carboxylic acids is 3. The standard InChI is InChI=1S/C33H44N2O7/c1-31(2,3)27-28(36)35-19-33(41-8,18-25(35)29(37)40-7)24-13-12-21-17-26(39-6)22(15-23(21)16-24)11-9-10-14-32(4,5)20-42-30(38)34-27/h9,11-13,15-17,25,27H,10,14,18-20H2,1-8H3,(H,34,38)/b11-9+/t25-,27+,33-/m0/s1. The highest BCUT2D eigenvalue weighted by molar-refractivity contribution is 5.92. The molecule has 9 nitrogen and oxygen atoms in total. The van der Waals surface area contributed by atoms with Crippen LogP contribution in [0.5, 0.6) is 5.75 Å². The number of hydrogen-bond acceptors (Lipinski definition) is 7. The molecule has 0 spiro atoms. The minimum Gasteiger partial charge on any atom is -0.496 e. The maximum absolute atomic E-state index is 14.2. The summed E-state index contributed by atoms with van der Waals surface area (Å²) < 4.78 is 22.6. The van der Waals surface area contributed by atoms with Crippen molar-refractivity contribution in [1.29, 1.82) is 0 Å². The Balaban J connectivity index is 1.87. The number of benzene rings is 2. The van der Waals surface area contributed by atoms with Crippen LogP contribution >= 0.6 is 0 Å². The number of fused-ring (bicyclic) bond motifs is 5. The average Bonchev–Trinajstić information content (AvgIpc) is 3.36. The van der Waals surface area contributed by atoms with E-state index in [1.54, 1.807) is 14.2 Å². The SMILES string of the molecule is COC(=O)[C@@H]1C[C@]2(OC)CN1C(=O)[C@H](C(C)(C)C)NC(=O)OCC(C)(C)CC/C=C/c1cc3cc2ccc3cc1OC. The number of carbonyl (C=O) groups is 3. The molecule has 2 amide bonds. The smallest absolute Gasteiger partial charge is 0.407 e. The molecule has 42 heavy (non-hydrogen) atoms. The summed E-state index contributed by atoms with van der Waals surface area (Å²) >= 11 is 0. The van der Waals surface area contributed by atoms with E-state index in [1.807, 2.05) is 65.0 Å². The Kier molecular flexibility index (Phi) is 8.92. The molecule has 9 heteroatoms. The molecule has 4 rings (SSSR count). The van der Waals surface area contributed by atoms with Crippen molar-refractivity contribution < 1.29 is 33.3 Å². The van der Waals surface area contributed by atoms with Crippen LogP contribution < -0.4 is 10.1 Å². The Morgan fingerprint density at radius 1 is 1.07 bits per heavy atom. The third-order valence-corrected chi connectivity index (χ3v) is 8.44. The van der Waals surface area contributed by atoms with E-state index < -0.39 is 41.1 Å². The van der Waals surface area contributed by atoms with Crippen molar-refractivity contribution in [3.8, 4) is 5.75 Å². The van der Waals surface area contributed by atoms with E-state index in [0.29, 0.717) is 0 Å². The Morgan fingerprint density at radius 3 is 2.45 bits per heavy atom. The minimum atomic E-state index is -0.978. The third kappa shape index (κ3) is 6.41. The molecule has 0 radical (unpaired) electrons. The monoisotopic (exact) mass is 580 g/mol. The van der Waals surface area contributed by atoms with Crippen molar-refractivity contribution in [2.24, 2.45) is 10.8 Å². The second kappa shape index (κ2) is 12.0. The van der Waals surface area contributed by atoms with Crippen LogP contribution in [0.3, 0.4) is 0 Å². The lowest BCUT2D eigenvalue weighted by molar-refractivity contribution is -0.152. The first-order chi connectivity index (χ1) is 19.7. The molecular formula is C33H44N2O7. The topological polar surface area (TPSA) is 103 Å². The summed E-state index contributed by atoms with van der Waals surface area (Å²) in [5.41, 5.74) is -0.178. The highest BCUT2D eigenvalue weighted by Gasteiger charge is 2.53. The molecule has 2 heterocycles. The maximum Gasteiger partial charge on any atom is 0.407 e. The van der Waals surface area contributed by atoms with Gasteiger partial charge in [0.25, 0.3) is 0 Å². The highest BCUT2D eigenvalue weighted by atomic mass is 16.5. The molecule has 1 saturated heterocycles. The first-order valence-corrected chi connectivity index (χ1v) is 14.4. The van der Waals surface area contributed by atoms with Crippen LogP contribution in [-0.4, -0.2) is 69.4 Å². The van der Waals surface area contributed by atoms with Crippen LogP contribution in [0.2, 0.25) is 0 Å². The first kappa shape index (κ1) is 31.3. The number of methoxy groups -OCH3 is 3. The molecule has 2 aliphatic heterocycles. The molecule has 2 aliphatic rings. The number of esters is 1. The minimum absolute atomic E-state index is 0.104. The van der Waals surface area contributed by atoms with E-state index in [-0.39, 0.29) is 25.0 Å². The van der Waals surface area contributed by atoms with E-state index in [0.717, 1.165) is 40.5 Å². The zero-order valence-corrected chi connectivity index (χ0v) is 26.0. The first-order valence-electron chi connectivity index (χ1n) is 14.4. The summed E-state index contributed by atoms with van der Waals surface area (Å²) in [5, 5.41) is 4.78. The van der Waals surface area contributed by atoms with Gasteiger partial charge in [0.05, 0.1) is 27.4 Å². The quantitative estimate of drug-likeness (QED) is 0.483. The molecule has 5 bridgehead atoms. The normalized spacial score (nSPS) is 25.8. The molecule has 2 aromatic carbocycles. The average molecular weight is 581 g/mol. The summed E-state index contributed by atoms with van der Waals surface area (Å²) in [6.07, 6.45) is 5.23. The number of cyclic esters (lactones) is 1. The number of amides is 2. The van der Waals surface area contributed by atoms with Gasteiger partial charge in [-0.1, -0.05) is 58.9 Å². The number of ether oxygens (including phenoxy) is 4. The summed E-state index contributed by atoms with van der Waals surface area (Å²) in [6.45, 7) is 9.96. The number of nitrogens with one attached hydrogen (secondary N) is 1. The fourth-order valence-corrected chi connectivity index (χ4v) is 5.80. The molecule has 1 N–H and O–H groups in total. The predicted octanol–water partition coefficient (Wildman–Crippen LogP) is 5.44. The van der Waals surface area contributed by atoms with Crippen molar-refractivity contribution in [1.82, 2.24) is 10.2 Å². The van der Waals surface area contributed by atoms with Crippen molar-refractivity contribution in [3.63, 3.8) is 0 Å². The second-order valence-corrected chi connectivity index (χ2v) is 13.2. The van der Waals surface area contributed by atoms with Gasteiger partial charge in [-0.15, -0.1) is 0 Å². The molecule has 0 aromatic heterocycles. The van der Waals surface area contributed by atoms with Gasteiger partial charge in [-0.25, -0.2) is 9.59 Å². The van der Waals surface area contributed by atoms with Gasteiger partial charge >= 0.3 is 12.1 Å².